The quantitative estimate of drug-likeness (QED) is 0.388. The second kappa shape index (κ2) is 9.30. The van der Waals surface area contributed by atoms with Crippen molar-refractivity contribution in [2.24, 2.45) is 10.9 Å². The first-order chi connectivity index (χ1) is 11.6. The number of amides is 1. The van der Waals surface area contributed by atoms with E-state index in [1.165, 1.54) is 16.7 Å². The predicted octanol–water partition coefficient (Wildman–Crippen LogP) is 1.93. The van der Waals surface area contributed by atoms with E-state index in [9.17, 15) is 4.79 Å². The standard InChI is InChI=1S/C19H30N4O/c1-4-20-19(23-10-9-21-18(24)17-5-6-17)22-8-7-16-12-14(2)11-15(3)13-16/h11-13,17H,4-10H2,1-3H3,(H,21,24)(H2,20,22,23). The van der Waals surface area contributed by atoms with E-state index < -0.39 is 0 Å². The Labute approximate surface area is 145 Å². The summed E-state index contributed by atoms with van der Waals surface area (Å²) in [5, 5.41) is 9.46. The van der Waals surface area contributed by atoms with E-state index in [1.54, 1.807) is 0 Å². The van der Waals surface area contributed by atoms with E-state index in [0.29, 0.717) is 13.1 Å². The van der Waals surface area contributed by atoms with E-state index in [-0.39, 0.29) is 11.8 Å². The van der Waals surface area contributed by atoms with Crippen molar-refractivity contribution in [1.82, 2.24) is 16.0 Å². The van der Waals surface area contributed by atoms with Crippen LogP contribution >= 0.6 is 0 Å². The van der Waals surface area contributed by atoms with Crippen LogP contribution in [0.15, 0.2) is 23.2 Å². The minimum absolute atomic E-state index is 0.188. The highest BCUT2D eigenvalue weighted by molar-refractivity contribution is 5.81. The molecule has 0 atom stereocenters. The summed E-state index contributed by atoms with van der Waals surface area (Å²) in [5.74, 6) is 1.26. The minimum Gasteiger partial charge on any atom is -0.357 e. The first-order valence-electron chi connectivity index (χ1n) is 8.95. The Hall–Kier alpha value is -2.04. The highest BCUT2D eigenvalue weighted by Gasteiger charge is 2.28. The average Bonchev–Trinajstić information content (AvgIpc) is 3.35. The Morgan fingerprint density at radius 3 is 2.38 bits per heavy atom. The van der Waals surface area contributed by atoms with Crippen molar-refractivity contribution in [2.45, 2.75) is 40.0 Å². The zero-order valence-corrected chi connectivity index (χ0v) is 15.1. The van der Waals surface area contributed by atoms with Gasteiger partial charge < -0.3 is 16.0 Å². The number of benzene rings is 1. The molecule has 5 heteroatoms. The molecule has 0 unspecified atom stereocenters. The van der Waals surface area contributed by atoms with Crippen LogP contribution < -0.4 is 16.0 Å². The number of nitrogens with one attached hydrogen (secondary N) is 3. The molecule has 1 aromatic carbocycles. The van der Waals surface area contributed by atoms with Gasteiger partial charge in [0.2, 0.25) is 5.91 Å². The largest absolute Gasteiger partial charge is 0.357 e. The summed E-state index contributed by atoms with van der Waals surface area (Å²) >= 11 is 0. The molecule has 132 valence electrons. The van der Waals surface area contributed by atoms with Gasteiger partial charge in [-0.1, -0.05) is 29.3 Å². The van der Waals surface area contributed by atoms with Crippen molar-refractivity contribution in [3.8, 4) is 0 Å². The fraction of sp³-hybridized carbons (Fsp3) is 0.579. The topological polar surface area (TPSA) is 65.5 Å². The maximum atomic E-state index is 11.6. The van der Waals surface area contributed by atoms with E-state index in [0.717, 1.165) is 38.3 Å². The minimum atomic E-state index is 0.188. The monoisotopic (exact) mass is 330 g/mol. The molecule has 0 radical (unpaired) electrons. The van der Waals surface area contributed by atoms with Crippen LogP contribution in [0.1, 0.15) is 36.5 Å². The fourth-order valence-electron chi connectivity index (χ4n) is 2.71. The molecule has 1 fully saturated rings. The maximum Gasteiger partial charge on any atom is 0.223 e. The van der Waals surface area contributed by atoms with Crippen LogP contribution in [0.25, 0.3) is 0 Å². The third-order valence-electron chi connectivity index (χ3n) is 3.96. The van der Waals surface area contributed by atoms with Crippen LogP contribution in [0.5, 0.6) is 0 Å². The molecule has 1 aromatic rings. The lowest BCUT2D eigenvalue weighted by atomic mass is 10.1. The molecule has 3 N–H and O–H groups in total. The van der Waals surface area contributed by atoms with Crippen molar-refractivity contribution in [3.63, 3.8) is 0 Å². The molecule has 1 saturated carbocycles. The number of nitrogens with zero attached hydrogens (tertiary/aromatic N) is 1. The molecular weight excluding hydrogens is 300 g/mol. The number of guanidine groups is 1. The Morgan fingerprint density at radius 1 is 1.08 bits per heavy atom. The molecule has 0 aliphatic heterocycles. The fourth-order valence-corrected chi connectivity index (χ4v) is 2.71. The van der Waals surface area contributed by atoms with Gasteiger partial charge in [0.15, 0.2) is 5.96 Å². The zero-order valence-electron chi connectivity index (χ0n) is 15.1. The van der Waals surface area contributed by atoms with E-state index in [4.69, 9.17) is 0 Å². The number of hydrogen-bond donors (Lipinski definition) is 3. The molecule has 24 heavy (non-hydrogen) atoms. The molecule has 1 aliphatic carbocycles. The molecule has 0 saturated heterocycles. The van der Waals surface area contributed by atoms with Gasteiger partial charge in [0.25, 0.3) is 0 Å². The van der Waals surface area contributed by atoms with E-state index in [2.05, 4.69) is 59.9 Å². The van der Waals surface area contributed by atoms with Crippen LogP contribution in [0.3, 0.4) is 0 Å². The molecular formula is C19H30N4O. The molecule has 5 nitrogen and oxygen atoms in total. The lowest BCUT2D eigenvalue weighted by molar-refractivity contribution is -0.122. The van der Waals surface area contributed by atoms with Gasteiger partial charge in [0, 0.05) is 32.1 Å². The van der Waals surface area contributed by atoms with Gasteiger partial charge in [0.05, 0.1) is 0 Å². The van der Waals surface area contributed by atoms with Gasteiger partial charge in [-0.3, -0.25) is 9.79 Å². The number of hydrogen-bond acceptors (Lipinski definition) is 2. The highest BCUT2D eigenvalue weighted by Crippen LogP contribution is 2.28. The van der Waals surface area contributed by atoms with Gasteiger partial charge >= 0.3 is 0 Å². The molecule has 0 heterocycles. The molecule has 0 aromatic heterocycles. The second-order valence-electron chi connectivity index (χ2n) is 6.50. The van der Waals surface area contributed by atoms with E-state index in [1.807, 2.05) is 0 Å². The van der Waals surface area contributed by atoms with Gasteiger partial charge in [-0.25, -0.2) is 0 Å². The van der Waals surface area contributed by atoms with E-state index >= 15 is 0 Å². The van der Waals surface area contributed by atoms with Crippen LogP contribution in [0.4, 0.5) is 0 Å². The predicted molar refractivity (Wildman–Crippen MR) is 99.3 cm³/mol. The van der Waals surface area contributed by atoms with Crippen molar-refractivity contribution < 1.29 is 4.79 Å². The lowest BCUT2D eigenvalue weighted by Crippen LogP contribution is -2.41. The number of aliphatic imine (C=N–C) groups is 1. The first kappa shape index (κ1) is 18.3. The second-order valence-corrected chi connectivity index (χ2v) is 6.50. The van der Waals surface area contributed by atoms with Gasteiger partial charge in [-0.2, -0.15) is 0 Å². The van der Waals surface area contributed by atoms with Gasteiger partial charge in [-0.15, -0.1) is 0 Å². The molecule has 0 spiro atoms. The van der Waals surface area contributed by atoms with Crippen molar-refractivity contribution in [2.75, 3.05) is 26.2 Å². The summed E-state index contributed by atoms with van der Waals surface area (Å²) < 4.78 is 0. The van der Waals surface area contributed by atoms with Crippen LogP contribution in [-0.4, -0.2) is 38.0 Å². The smallest absolute Gasteiger partial charge is 0.223 e. The van der Waals surface area contributed by atoms with Crippen molar-refractivity contribution in [1.29, 1.82) is 0 Å². The van der Waals surface area contributed by atoms with Crippen LogP contribution in [0.2, 0.25) is 0 Å². The van der Waals surface area contributed by atoms with Crippen LogP contribution in [-0.2, 0) is 11.2 Å². The summed E-state index contributed by atoms with van der Waals surface area (Å²) in [6.07, 6.45) is 3.01. The first-order valence-corrected chi connectivity index (χ1v) is 8.95. The molecule has 2 rings (SSSR count). The molecule has 1 amide bonds. The number of carbonyl (C=O) groups is 1. The average molecular weight is 330 g/mol. The van der Waals surface area contributed by atoms with Crippen molar-refractivity contribution >= 4 is 11.9 Å². The highest BCUT2D eigenvalue weighted by atomic mass is 16.2. The normalized spacial score (nSPS) is 14.4. The maximum absolute atomic E-state index is 11.6. The Kier molecular flexibility index (Phi) is 7.09. The van der Waals surface area contributed by atoms with Gasteiger partial charge in [-0.05, 0) is 45.6 Å². The zero-order chi connectivity index (χ0) is 17.4. The Bertz CT molecular complexity index is 558. The Balaban J connectivity index is 1.73. The summed E-state index contributed by atoms with van der Waals surface area (Å²) in [6, 6.07) is 6.63. The Morgan fingerprint density at radius 2 is 1.75 bits per heavy atom. The number of carbonyl (C=O) groups excluding carboxylic acids is 1. The summed E-state index contributed by atoms with van der Waals surface area (Å²) in [6.45, 7) is 9.19. The van der Waals surface area contributed by atoms with Crippen molar-refractivity contribution in [3.05, 3.63) is 34.9 Å². The summed E-state index contributed by atoms with van der Waals surface area (Å²) in [7, 11) is 0. The lowest BCUT2D eigenvalue weighted by Gasteiger charge is -2.12. The number of aryl methyl sites for hydroxylation is 2. The summed E-state index contributed by atoms with van der Waals surface area (Å²) in [5.41, 5.74) is 3.92. The van der Waals surface area contributed by atoms with Crippen LogP contribution in [0, 0.1) is 19.8 Å². The van der Waals surface area contributed by atoms with Gasteiger partial charge in [0.1, 0.15) is 0 Å². The third kappa shape index (κ3) is 6.60. The molecule has 0 bridgehead atoms. The summed E-state index contributed by atoms with van der Waals surface area (Å²) in [4.78, 5) is 16.2. The molecule has 1 aliphatic rings. The third-order valence-corrected chi connectivity index (χ3v) is 3.96. The SMILES string of the molecule is CCNC(=NCCc1cc(C)cc(C)c1)NCCNC(=O)C1CC1. The number of rotatable bonds is 8.